The van der Waals surface area contributed by atoms with E-state index in [1.807, 2.05) is 6.08 Å². The van der Waals surface area contributed by atoms with Gasteiger partial charge >= 0.3 is 12.1 Å². The molecule has 5 nitrogen and oxygen atoms in total. The number of alkyl halides is 3. The van der Waals surface area contributed by atoms with Gasteiger partial charge in [-0.05, 0) is 73.7 Å². The van der Waals surface area contributed by atoms with Crippen LogP contribution in [0, 0.1) is 11.8 Å². The van der Waals surface area contributed by atoms with E-state index in [0.29, 0.717) is 12.8 Å². The molecule has 0 saturated heterocycles. The highest BCUT2D eigenvalue weighted by Crippen LogP contribution is 2.45. The lowest BCUT2D eigenvalue weighted by Crippen LogP contribution is -2.45. The number of fused-ring (bicyclic) bond motifs is 1. The summed E-state index contributed by atoms with van der Waals surface area (Å²) in [5.41, 5.74) is -0.742. The average molecular weight is 669 g/mol. The summed E-state index contributed by atoms with van der Waals surface area (Å²) in [6.07, 6.45) is 6.73. The van der Waals surface area contributed by atoms with Crippen molar-refractivity contribution in [2.24, 2.45) is 11.8 Å². The Morgan fingerprint density at radius 2 is 1.76 bits per heavy atom. The maximum atomic E-state index is 13.4. The number of carbonyl (C=O) groups excluding carboxylic acids is 1. The molecule has 0 amide bonds. The third kappa shape index (κ3) is 10.3. The largest absolute Gasteiger partial charge is 0.491 e. The van der Waals surface area contributed by atoms with Gasteiger partial charge in [-0.2, -0.15) is 13.2 Å². The molecule has 0 aromatic heterocycles. The Hall–Kier alpha value is -1.89. The van der Waals surface area contributed by atoms with Crippen LogP contribution in [-0.2, 0) is 24.6 Å². The smallest absolute Gasteiger partial charge is 0.416 e. The van der Waals surface area contributed by atoms with Crippen molar-refractivity contribution in [3.05, 3.63) is 54.1 Å². The molecule has 1 aliphatic carbocycles. The quantitative estimate of drug-likeness (QED) is 0.126. The van der Waals surface area contributed by atoms with E-state index >= 15 is 0 Å². The Labute approximate surface area is 271 Å². The minimum absolute atomic E-state index is 0.00730. The number of hydrogen-bond acceptors (Lipinski definition) is 5. The van der Waals surface area contributed by atoms with E-state index < -0.39 is 34.5 Å². The molecule has 1 aromatic rings. The van der Waals surface area contributed by atoms with E-state index in [1.54, 1.807) is 6.07 Å². The maximum absolute atomic E-state index is 13.4. The lowest BCUT2D eigenvalue weighted by molar-refractivity contribution is -0.151. The second-order valence-electron chi connectivity index (χ2n) is 14.1. The number of carbonyl (C=O) groups is 1. The van der Waals surface area contributed by atoms with Gasteiger partial charge in [0.15, 0.2) is 16.6 Å². The van der Waals surface area contributed by atoms with Crippen LogP contribution in [0.3, 0.4) is 0 Å². The predicted molar refractivity (Wildman–Crippen MR) is 179 cm³/mol. The lowest BCUT2D eigenvalue weighted by atomic mass is 9.89. The van der Waals surface area contributed by atoms with E-state index in [2.05, 4.69) is 72.9 Å². The summed E-state index contributed by atoms with van der Waals surface area (Å²) in [7, 11) is -4.27. The Morgan fingerprint density at radius 1 is 1.07 bits per heavy atom. The molecular formula is C35H55F3O5Si2. The molecule has 0 radical (unpaired) electrons. The summed E-state index contributed by atoms with van der Waals surface area (Å²) in [6.45, 7) is 17.7. The number of benzene rings is 1. The highest BCUT2D eigenvalue weighted by Gasteiger charge is 2.48. The number of hydrogen-bond donors (Lipinski definition) is 0. The first-order valence-electron chi connectivity index (χ1n) is 16.7. The van der Waals surface area contributed by atoms with Crippen molar-refractivity contribution in [2.75, 3.05) is 6.61 Å². The van der Waals surface area contributed by atoms with Gasteiger partial charge in [0.25, 0.3) is 0 Å². The molecule has 5 atom stereocenters. The van der Waals surface area contributed by atoms with Crippen molar-refractivity contribution in [2.45, 2.75) is 134 Å². The summed E-state index contributed by atoms with van der Waals surface area (Å²) >= 11 is 0. The number of esters is 1. The highest BCUT2D eigenvalue weighted by molar-refractivity contribution is 6.74. The predicted octanol–water partition coefficient (Wildman–Crippen LogP) is 10.1. The van der Waals surface area contributed by atoms with Crippen LogP contribution < -0.4 is 4.74 Å². The van der Waals surface area contributed by atoms with Gasteiger partial charge in [0.05, 0.1) is 17.8 Å². The summed E-state index contributed by atoms with van der Waals surface area (Å²) in [5, 5.41) is 0.00730. The first-order valence-corrected chi connectivity index (χ1v) is 22.2. The topological polar surface area (TPSA) is 54.0 Å². The molecule has 1 aromatic carbocycles. The summed E-state index contributed by atoms with van der Waals surface area (Å²) in [5.74, 6) is 0.0239. The first kappa shape index (κ1) is 37.6. The molecule has 0 N–H and O–H groups in total. The summed E-state index contributed by atoms with van der Waals surface area (Å²) in [4.78, 5) is 12.7. The van der Waals surface area contributed by atoms with E-state index in [0.717, 1.165) is 49.5 Å². The van der Waals surface area contributed by atoms with E-state index in [-0.39, 0.29) is 47.4 Å². The second kappa shape index (κ2) is 15.8. The second-order valence-corrected chi connectivity index (χ2v) is 23.6. The van der Waals surface area contributed by atoms with Crippen molar-refractivity contribution in [1.82, 2.24) is 0 Å². The van der Waals surface area contributed by atoms with Gasteiger partial charge in [-0.1, -0.05) is 71.9 Å². The van der Waals surface area contributed by atoms with E-state index in [1.165, 1.54) is 6.07 Å². The molecule has 2 aliphatic rings. The molecular weight excluding hydrogens is 614 g/mol. The number of allylic oxidation sites excluding steroid dienone is 2. The zero-order chi connectivity index (χ0) is 33.5. The van der Waals surface area contributed by atoms with Crippen LogP contribution in [0.2, 0.25) is 36.3 Å². The molecule has 1 fully saturated rings. The molecule has 3 rings (SSSR count). The fraction of sp³-hybridized carbons (Fsp3) is 0.686. The van der Waals surface area contributed by atoms with Gasteiger partial charge in [0.1, 0.15) is 18.5 Å². The van der Waals surface area contributed by atoms with Gasteiger partial charge in [0.2, 0.25) is 0 Å². The Bertz CT molecular complexity index is 1150. The van der Waals surface area contributed by atoms with Crippen LogP contribution in [0.1, 0.15) is 79.2 Å². The van der Waals surface area contributed by atoms with Crippen molar-refractivity contribution in [3.8, 4) is 5.75 Å². The van der Waals surface area contributed by atoms with Gasteiger partial charge < -0.3 is 18.3 Å². The van der Waals surface area contributed by atoms with Gasteiger partial charge in [-0.25, -0.2) is 0 Å². The fourth-order valence-corrected chi connectivity index (χ4v) is 10.2. The molecule has 0 bridgehead atoms. The van der Waals surface area contributed by atoms with Crippen LogP contribution in [0.5, 0.6) is 5.75 Å². The maximum Gasteiger partial charge on any atom is 0.416 e. The normalized spacial score (nSPS) is 25.1. The number of rotatable bonds is 12. The van der Waals surface area contributed by atoms with E-state index in [4.69, 9.17) is 18.3 Å². The minimum Gasteiger partial charge on any atom is -0.491 e. The molecule has 1 heterocycles. The third-order valence-electron chi connectivity index (χ3n) is 10.2. The monoisotopic (exact) mass is 668 g/mol. The zero-order valence-electron chi connectivity index (χ0n) is 28.5. The van der Waals surface area contributed by atoms with Crippen LogP contribution in [0.15, 0.2) is 48.6 Å². The third-order valence-corrected chi connectivity index (χ3v) is 19.4. The number of halogens is 3. The van der Waals surface area contributed by atoms with Gasteiger partial charge in [-0.3, -0.25) is 4.79 Å². The minimum atomic E-state index is -4.45. The van der Waals surface area contributed by atoms with Crippen molar-refractivity contribution < 1.29 is 36.3 Å². The van der Waals surface area contributed by atoms with Crippen molar-refractivity contribution >= 4 is 22.6 Å². The Balaban J connectivity index is 1.97. The van der Waals surface area contributed by atoms with Gasteiger partial charge in [-0.15, -0.1) is 0 Å². The standard InChI is InChI=1S/C35H55F3O5Si2/c1-9-45(10-2,11-3)42-28(25-40-27-18-16-17-26(23-27)35(36,37)38)21-22-30-29-19-14-12-13-15-20-33(39)41-31(29)24-32(30)43-44(7,8)34(4,5)6/h12,14,16-18,21-23,28-32H,9-11,13,15,19-20,24-25H2,1-8H3/b14-12-,22-21+/t28-,29-,30-,31+,32-/m1/s1. The van der Waals surface area contributed by atoms with E-state index in [9.17, 15) is 18.0 Å². The van der Waals surface area contributed by atoms with Crippen molar-refractivity contribution in [1.29, 1.82) is 0 Å². The highest BCUT2D eigenvalue weighted by atomic mass is 28.4. The molecule has 0 unspecified atom stereocenters. The molecule has 1 aliphatic heterocycles. The fourth-order valence-electron chi connectivity index (χ4n) is 6.08. The SMILES string of the molecule is CC[Si](CC)(CC)O[C@H](/C=C/[C@@H]1[C@H]2C/C=C\CCCC(=O)O[C@H]2C[C@H]1O[Si](C)(C)C(C)(C)C)COc1cccc(C(F)(F)F)c1. The first-order chi connectivity index (χ1) is 21.0. The van der Waals surface area contributed by atoms with Crippen LogP contribution in [0.25, 0.3) is 0 Å². The summed E-state index contributed by atoms with van der Waals surface area (Å²) < 4.78 is 66.1. The van der Waals surface area contributed by atoms with Crippen LogP contribution in [-0.4, -0.2) is 47.5 Å². The molecule has 10 heteroatoms. The van der Waals surface area contributed by atoms with Crippen molar-refractivity contribution in [3.63, 3.8) is 0 Å². The summed E-state index contributed by atoms with van der Waals surface area (Å²) in [6, 6.07) is 7.79. The van der Waals surface area contributed by atoms with Gasteiger partial charge in [0, 0.05) is 24.7 Å². The Morgan fingerprint density at radius 3 is 2.38 bits per heavy atom. The lowest BCUT2D eigenvalue weighted by Gasteiger charge is -2.40. The number of ether oxygens (including phenoxy) is 2. The molecule has 45 heavy (non-hydrogen) atoms. The Kier molecular flexibility index (Phi) is 13.2. The molecule has 254 valence electrons. The molecule has 1 saturated carbocycles. The van der Waals surface area contributed by atoms with Crippen LogP contribution >= 0.6 is 0 Å². The van der Waals surface area contributed by atoms with Crippen LogP contribution in [0.4, 0.5) is 13.2 Å². The zero-order valence-corrected chi connectivity index (χ0v) is 30.5. The molecule has 0 spiro atoms. The average Bonchev–Trinajstić information content (AvgIpc) is 3.28.